The zero-order chi connectivity index (χ0) is 10.3. The molecule has 0 fully saturated rings. The van der Waals surface area contributed by atoms with Crippen molar-refractivity contribution in [3.05, 3.63) is 0 Å². The van der Waals surface area contributed by atoms with E-state index in [4.69, 9.17) is 7.58 Å². The van der Waals surface area contributed by atoms with E-state index in [0.717, 1.165) is 11.9 Å². The van der Waals surface area contributed by atoms with E-state index in [1.807, 2.05) is 0 Å². The summed E-state index contributed by atoms with van der Waals surface area (Å²) in [6.07, 6.45) is 2.46. The monoisotopic (exact) mass is 202 g/mol. The Morgan fingerprint density at radius 2 is 1.85 bits per heavy atom. The van der Waals surface area contributed by atoms with E-state index >= 15 is 0 Å². The highest BCUT2D eigenvalue weighted by molar-refractivity contribution is 6.44. The Balaban J connectivity index is 3.59. The first kappa shape index (κ1) is 13.5. The zero-order valence-electron chi connectivity index (χ0n) is 9.72. The van der Waals surface area contributed by atoms with Crippen molar-refractivity contribution in [1.82, 2.24) is 0 Å². The van der Waals surface area contributed by atoms with Crippen LogP contribution in [0, 0.1) is 5.41 Å². The molecule has 0 amide bonds. The Labute approximate surface area is 87.7 Å². The predicted molar refractivity (Wildman–Crippen MR) is 57.9 cm³/mol. The van der Waals surface area contributed by atoms with E-state index in [1.54, 1.807) is 7.11 Å². The lowest BCUT2D eigenvalue weighted by Crippen LogP contribution is -2.26. The molecule has 0 aromatic rings. The van der Waals surface area contributed by atoms with Crippen LogP contribution in [-0.4, -0.2) is 28.5 Å². The first-order chi connectivity index (χ1) is 5.99. The van der Waals surface area contributed by atoms with Gasteiger partial charge in [-0.3, -0.25) is 0 Å². The number of hydrogen-bond donors (Lipinski definition) is 0. The minimum Gasteiger partial charge on any atom is -0.481 e. The number of hydrogen-bond acceptors (Lipinski definition) is 2. The van der Waals surface area contributed by atoms with Crippen molar-refractivity contribution in [3.63, 3.8) is 0 Å². The van der Waals surface area contributed by atoms with Gasteiger partial charge in [0.05, 0.1) is 0 Å². The molecule has 0 unspecified atom stereocenters. The predicted octanol–water partition coefficient (Wildman–Crippen LogP) is 2.98. The summed E-state index contributed by atoms with van der Waals surface area (Å²) in [5, 5.41) is 1.14. The van der Waals surface area contributed by atoms with Crippen LogP contribution in [0.4, 0.5) is 0 Å². The van der Waals surface area contributed by atoms with Crippen LogP contribution < -0.4 is 0 Å². The van der Waals surface area contributed by atoms with Crippen molar-refractivity contribution in [3.8, 4) is 0 Å². The van der Waals surface area contributed by atoms with Crippen LogP contribution in [-0.2, 0) is 7.58 Å². The highest BCUT2D eigenvalue weighted by Gasteiger charge is 2.24. The van der Waals surface area contributed by atoms with Gasteiger partial charge in [-0.05, 0) is 10.7 Å². The van der Waals surface area contributed by atoms with Crippen LogP contribution in [0.5, 0.6) is 0 Å². The van der Waals surface area contributed by atoms with Crippen molar-refractivity contribution >= 4 is 14.8 Å². The summed E-state index contributed by atoms with van der Waals surface area (Å²) in [6, 6.07) is 0. The summed E-state index contributed by atoms with van der Waals surface area (Å²) in [5.74, 6) is 0. The lowest BCUT2D eigenvalue weighted by molar-refractivity contribution is 0.155. The maximum absolute atomic E-state index is 5.77. The number of rotatable bonds is 6. The summed E-state index contributed by atoms with van der Waals surface area (Å²) < 4.78 is 11.1. The SMILES string of the molecule is CCC[CH2][Al]([O]C)[O]CC(C)(C)C. The minimum absolute atomic E-state index is 0.260. The third-order valence-electron chi connectivity index (χ3n) is 1.76. The normalized spacial score (nSPS) is 11.8. The fourth-order valence-corrected chi connectivity index (χ4v) is 2.95. The highest BCUT2D eigenvalue weighted by atomic mass is 27.2. The fraction of sp³-hybridized carbons (Fsp3) is 1.00. The van der Waals surface area contributed by atoms with Gasteiger partial charge < -0.3 is 7.58 Å². The average Bonchev–Trinajstić information content (AvgIpc) is 2.03. The van der Waals surface area contributed by atoms with Crippen molar-refractivity contribution in [2.24, 2.45) is 5.41 Å². The minimum atomic E-state index is -1.33. The lowest BCUT2D eigenvalue weighted by Gasteiger charge is -2.21. The smallest absolute Gasteiger partial charge is 0.481 e. The Morgan fingerprint density at radius 3 is 2.23 bits per heavy atom. The third kappa shape index (κ3) is 8.77. The van der Waals surface area contributed by atoms with Crippen molar-refractivity contribution < 1.29 is 7.58 Å². The summed E-state index contributed by atoms with van der Waals surface area (Å²) >= 11 is -1.33. The molecule has 78 valence electrons. The molecule has 0 aliphatic rings. The molecule has 0 aromatic carbocycles. The second kappa shape index (κ2) is 6.84. The molecule has 0 radical (unpaired) electrons. The second-order valence-corrected chi connectivity index (χ2v) is 6.92. The lowest BCUT2D eigenvalue weighted by atomic mass is 9.99. The van der Waals surface area contributed by atoms with Gasteiger partial charge in [0.1, 0.15) is 0 Å². The van der Waals surface area contributed by atoms with E-state index in [1.165, 1.54) is 12.8 Å². The molecule has 0 atom stereocenters. The molecule has 0 spiro atoms. The molecule has 0 N–H and O–H groups in total. The quantitative estimate of drug-likeness (QED) is 0.616. The van der Waals surface area contributed by atoms with Gasteiger partial charge in [0, 0.05) is 13.7 Å². The summed E-state index contributed by atoms with van der Waals surface area (Å²) in [6.45, 7) is 9.59. The molecule has 0 saturated carbocycles. The Morgan fingerprint density at radius 1 is 1.23 bits per heavy atom. The van der Waals surface area contributed by atoms with Gasteiger partial charge in [0.25, 0.3) is 0 Å². The third-order valence-corrected chi connectivity index (χ3v) is 3.70. The molecule has 2 nitrogen and oxygen atoms in total. The van der Waals surface area contributed by atoms with E-state index < -0.39 is 14.8 Å². The van der Waals surface area contributed by atoms with Crippen LogP contribution >= 0.6 is 0 Å². The fourth-order valence-electron chi connectivity index (χ4n) is 0.983. The van der Waals surface area contributed by atoms with Crippen molar-refractivity contribution in [2.45, 2.75) is 45.8 Å². The summed E-state index contributed by atoms with van der Waals surface area (Å²) in [4.78, 5) is 0. The summed E-state index contributed by atoms with van der Waals surface area (Å²) in [7, 11) is 1.77. The zero-order valence-corrected chi connectivity index (χ0v) is 10.9. The van der Waals surface area contributed by atoms with Gasteiger partial charge in [0.2, 0.25) is 0 Å². The Hall–Kier alpha value is 0.452. The van der Waals surface area contributed by atoms with Gasteiger partial charge in [-0.1, -0.05) is 40.5 Å². The average molecular weight is 202 g/mol. The molecule has 0 saturated heterocycles. The molecule has 0 aromatic heterocycles. The summed E-state index contributed by atoms with van der Waals surface area (Å²) in [5.41, 5.74) is 0.260. The molecule has 0 rings (SSSR count). The van der Waals surface area contributed by atoms with Crippen LogP contribution in [0.2, 0.25) is 5.28 Å². The van der Waals surface area contributed by atoms with Gasteiger partial charge >= 0.3 is 14.8 Å². The maximum Gasteiger partial charge on any atom is 0.674 e. The van der Waals surface area contributed by atoms with Gasteiger partial charge in [-0.25, -0.2) is 0 Å². The van der Waals surface area contributed by atoms with Crippen LogP contribution in [0.15, 0.2) is 0 Å². The maximum atomic E-state index is 5.77. The molecule has 0 aliphatic carbocycles. The van der Waals surface area contributed by atoms with Crippen LogP contribution in [0.1, 0.15) is 40.5 Å². The van der Waals surface area contributed by atoms with Crippen molar-refractivity contribution in [1.29, 1.82) is 0 Å². The van der Waals surface area contributed by atoms with E-state index in [-0.39, 0.29) is 5.41 Å². The molecular formula is C10H23AlO2. The number of unbranched alkanes of at least 4 members (excludes halogenated alkanes) is 1. The first-order valence-electron chi connectivity index (χ1n) is 5.14. The van der Waals surface area contributed by atoms with Gasteiger partial charge in [0.15, 0.2) is 0 Å². The van der Waals surface area contributed by atoms with E-state index in [2.05, 4.69) is 27.7 Å². The Bertz CT molecular complexity index is 121. The molecular weight excluding hydrogens is 179 g/mol. The first-order valence-corrected chi connectivity index (χ1v) is 6.90. The molecule has 0 heterocycles. The molecule has 0 bridgehead atoms. The largest absolute Gasteiger partial charge is 0.674 e. The Kier molecular flexibility index (Phi) is 7.08. The van der Waals surface area contributed by atoms with Crippen LogP contribution in [0.25, 0.3) is 0 Å². The van der Waals surface area contributed by atoms with Crippen molar-refractivity contribution in [2.75, 3.05) is 13.7 Å². The topological polar surface area (TPSA) is 18.5 Å². The highest BCUT2D eigenvalue weighted by Crippen LogP contribution is 2.15. The van der Waals surface area contributed by atoms with Gasteiger partial charge in [-0.2, -0.15) is 0 Å². The standard InChI is InChI=1S/C5H11O.C4H9.CH3O.Al/c1-5(2,3)4-6;1-3-4-2;1-2;/h4H2,1-3H3;1,3-4H2,2H3;1H3;/q-1;;-1;+2. The second-order valence-electron chi connectivity index (χ2n) is 4.68. The van der Waals surface area contributed by atoms with Gasteiger partial charge in [-0.15, -0.1) is 0 Å². The molecule has 3 heteroatoms. The molecule has 13 heavy (non-hydrogen) atoms. The van der Waals surface area contributed by atoms with E-state index in [0.29, 0.717) is 0 Å². The van der Waals surface area contributed by atoms with E-state index in [9.17, 15) is 0 Å². The van der Waals surface area contributed by atoms with Crippen LogP contribution in [0.3, 0.4) is 0 Å². The molecule has 0 aliphatic heterocycles.